The number of piperidine rings is 1. The molecule has 13 heteroatoms. The number of anilines is 1. The Bertz CT molecular complexity index is 896. The molecule has 1 fully saturated rings. The zero-order chi connectivity index (χ0) is 21.7. The molecule has 3 rings (SSSR count). The molecule has 10 nitrogen and oxygen atoms in total. The fraction of sp³-hybridized carbons (Fsp3) is 0.471. The van der Waals surface area contributed by atoms with Gasteiger partial charge in [0.25, 0.3) is 5.91 Å². The fourth-order valence-electron chi connectivity index (χ4n) is 2.84. The molecule has 2 aromatic heterocycles. The lowest BCUT2D eigenvalue weighted by molar-refractivity contribution is -0.141. The van der Waals surface area contributed by atoms with Gasteiger partial charge in [0.05, 0.1) is 0 Å². The van der Waals surface area contributed by atoms with Crippen LogP contribution in [0.1, 0.15) is 34.8 Å². The van der Waals surface area contributed by atoms with Gasteiger partial charge in [-0.1, -0.05) is 5.16 Å². The number of amides is 2. The first-order valence-corrected chi connectivity index (χ1v) is 9.02. The molecule has 0 radical (unpaired) electrons. The van der Waals surface area contributed by atoms with E-state index in [-0.39, 0.29) is 30.1 Å². The lowest BCUT2D eigenvalue weighted by Gasteiger charge is -2.32. The van der Waals surface area contributed by atoms with E-state index in [2.05, 4.69) is 25.8 Å². The van der Waals surface area contributed by atoms with Crippen molar-refractivity contribution in [1.29, 1.82) is 0 Å². The van der Waals surface area contributed by atoms with Crippen LogP contribution in [0.15, 0.2) is 22.9 Å². The molecule has 0 aliphatic carbocycles. The van der Waals surface area contributed by atoms with Crippen LogP contribution in [0.25, 0.3) is 0 Å². The molecule has 0 unspecified atom stereocenters. The minimum absolute atomic E-state index is 0.00286. The summed E-state index contributed by atoms with van der Waals surface area (Å²) in [5.74, 6) is -0.214. The highest BCUT2D eigenvalue weighted by atomic mass is 19.4. The lowest BCUT2D eigenvalue weighted by Crippen LogP contribution is -2.45. The first-order valence-electron chi connectivity index (χ1n) is 9.02. The Labute approximate surface area is 168 Å². The molecule has 0 atom stereocenters. The summed E-state index contributed by atoms with van der Waals surface area (Å²) < 4.78 is 48.3. The van der Waals surface area contributed by atoms with Gasteiger partial charge in [-0.25, -0.2) is 14.8 Å². The van der Waals surface area contributed by atoms with Crippen molar-refractivity contribution >= 4 is 17.9 Å². The second kappa shape index (κ2) is 8.97. The van der Waals surface area contributed by atoms with Gasteiger partial charge in [0.1, 0.15) is 5.69 Å². The highest BCUT2D eigenvalue weighted by Gasteiger charge is 2.33. The van der Waals surface area contributed by atoms with E-state index in [0.29, 0.717) is 25.9 Å². The molecule has 1 aliphatic rings. The summed E-state index contributed by atoms with van der Waals surface area (Å²) in [5, 5.41) is 8.63. The zero-order valence-electron chi connectivity index (χ0n) is 15.9. The molecule has 0 aromatic carbocycles. The molecule has 0 bridgehead atoms. The van der Waals surface area contributed by atoms with E-state index in [0.717, 1.165) is 12.3 Å². The van der Waals surface area contributed by atoms with Crippen molar-refractivity contribution in [3.8, 4) is 0 Å². The van der Waals surface area contributed by atoms with Crippen molar-refractivity contribution < 1.29 is 32.0 Å². The van der Waals surface area contributed by atoms with Gasteiger partial charge in [-0.05, 0) is 18.9 Å². The Morgan fingerprint density at radius 1 is 1.33 bits per heavy atom. The van der Waals surface area contributed by atoms with Crippen LogP contribution in [-0.2, 0) is 17.5 Å². The average molecular weight is 428 g/mol. The Hall–Kier alpha value is -3.38. The van der Waals surface area contributed by atoms with E-state index in [1.807, 2.05) is 0 Å². The van der Waals surface area contributed by atoms with Crippen molar-refractivity contribution in [3.63, 3.8) is 0 Å². The molecule has 1 aliphatic heterocycles. The summed E-state index contributed by atoms with van der Waals surface area (Å²) in [6.45, 7) is 0.556. The van der Waals surface area contributed by atoms with Crippen LogP contribution in [0.3, 0.4) is 0 Å². The van der Waals surface area contributed by atoms with Crippen molar-refractivity contribution in [2.24, 2.45) is 0 Å². The first-order chi connectivity index (χ1) is 14.3. The Balaban J connectivity index is 1.45. The number of hydrogen-bond acceptors (Lipinski definition) is 8. The number of carbonyl (C=O) groups is 2. The molecular formula is C17H19F3N6O4. The van der Waals surface area contributed by atoms with Gasteiger partial charge in [0.2, 0.25) is 5.95 Å². The second-order valence-electron chi connectivity index (χ2n) is 6.48. The van der Waals surface area contributed by atoms with E-state index in [1.54, 1.807) is 4.90 Å². The maximum atomic E-state index is 12.8. The molecule has 0 saturated carbocycles. The third-order valence-electron chi connectivity index (χ3n) is 4.40. The van der Waals surface area contributed by atoms with E-state index in [1.165, 1.54) is 13.1 Å². The maximum absolute atomic E-state index is 12.8. The third-order valence-corrected chi connectivity index (χ3v) is 4.40. The number of nitrogens with zero attached hydrogens (tertiary/aromatic N) is 4. The number of carbonyl (C=O) groups excluding carboxylic acids is 2. The van der Waals surface area contributed by atoms with Gasteiger partial charge in [-0.3, -0.25) is 4.79 Å². The smallest absolute Gasteiger partial charge is 0.433 e. The van der Waals surface area contributed by atoms with Crippen LogP contribution < -0.4 is 15.5 Å². The van der Waals surface area contributed by atoms with Gasteiger partial charge >= 0.3 is 12.3 Å². The minimum Gasteiger partial charge on any atom is -0.441 e. The fourth-order valence-corrected chi connectivity index (χ4v) is 2.84. The van der Waals surface area contributed by atoms with Gasteiger partial charge in [-0.2, -0.15) is 13.2 Å². The molecule has 162 valence electrons. The Morgan fingerprint density at radius 3 is 2.73 bits per heavy atom. The summed E-state index contributed by atoms with van der Waals surface area (Å²) in [7, 11) is 1.45. The van der Waals surface area contributed by atoms with Gasteiger partial charge in [0.15, 0.2) is 18.1 Å². The molecule has 2 amide bonds. The Morgan fingerprint density at radius 2 is 2.07 bits per heavy atom. The van der Waals surface area contributed by atoms with Gasteiger partial charge in [-0.15, -0.1) is 0 Å². The monoisotopic (exact) mass is 428 g/mol. The van der Waals surface area contributed by atoms with Crippen LogP contribution in [0.4, 0.5) is 23.9 Å². The summed E-state index contributed by atoms with van der Waals surface area (Å²) in [4.78, 5) is 32.5. The van der Waals surface area contributed by atoms with E-state index in [4.69, 9.17) is 9.26 Å². The molecule has 2 aromatic rings. The number of aromatic nitrogens is 3. The van der Waals surface area contributed by atoms with Crippen LogP contribution in [0.2, 0.25) is 0 Å². The number of alkyl halides is 3. The van der Waals surface area contributed by atoms with E-state index in [9.17, 15) is 22.8 Å². The maximum Gasteiger partial charge on any atom is 0.433 e. The van der Waals surface area contributed by atoms with Crippen molar-refractivity contribution in [2.45, 2.75) is 31.7 Å². The molecular weight excluding hydrogens is 409 g/mol. The van der Waals surface area contributed by atoms with Gasteiger partial charge in [0, 0.05) is 38.4 Å². The largest absolute Gasteiger partial charge is 0.441 e. The molecule has 2 N–H and O–H groups in total. The highest BCUT2D eigenvalue weighted by Crippen LogP contribution is 2.28. The van der Waals surface area contributed by atoms with Crippen LogP contribution in [-0.4, -0.2) is 53.3 Å². The van der Waals surface area contributed by atoms with E-state index >= 15 is 0 Å². The van der Waals surface area contributed by atoms with Crippen LogP contribution >= 0.6 is 0 Å². The molecule has 30 heavy (non-hydrogen) atoms. The lowest BCUT2D eigenvalue weighted by atomic mass is 10.1. The summed E-state index contributed by atoms with van der Waals surface area (Å²) in [6, 6.07) is 1.97. The number of alkyl carbamates (subject to hydrolysis) is 1. The molecule has 0 spiro atoms. The van der Waals surface area contributed by atoms with Crippen molar-refractivity contribution in [3.05, 3.63) is 35.5 Å². The van der Waals surface area contributed by atoms with Crippen molar-refractivity contribution in [2.75, 3.05) is 25.0 Å². The second-order valence-corrected chi connectivity index (χ2v) is 6.48. The minimum atomic E-state index is -4.54. The average Bonchev–Trinajstić information content (AvgIpc) is 3.21. The normalized spacial score (nSPS) is 15.0. The van der Waals surface area contributed by atoms with E-state index < -0.39 is 23.9 Å². The first kappa shape index (κ1) is 21.3. The number of hydrogen-bond donors (Lipinski definition) is 2. The SMILES string of the molecule is CNC(=O)c1cc(COC(=O)NC2CCN(c3nccc(C(F)(F)F)n3)CC2)on1. The predicted octanol–water partition coefficient (Wildman–Crippen LogP) is 1.74. The number of rotatable bonds is 5. The van der Waals surface area contributed by atoms with Crippen molar-refractivity contribution in [1.82, 2.24) is 25.8 Å². The molecule has 3 heterocycles. The third kappa shape index (κ3) is 5.36. The number of halogens is 3. The summed E-state index contributed by atoms with van der Waals surface area (Å²) in [6.07, 6.45) is -3.17. The summed E-state index contributed by atoms with van der Waals surface area (Å²) >= 11 is 0. The standard InChI is InChI=1S/C17H19F3N6O4/c1-21-14(27)12-8-11(30-25-12)9-29-16(28)23-10-3-6-26(7-4-10)15-22-5-2-13(24-15)17(18,19)20/h2,5,8,10H,3-4,6-7,9H2,1H3,(H,21,27)(H,23,28). The van der Waals surface area contributed by atoms with Gasteiger partial charge < -0.3 is 24.8 Å². The summed E-state index contributed by atoms with van der Waals surface area (Å²) in [5.41, 5.74) is -0.927. The number of ether oxygens (including phenoxy) is 1. The topological polar surface area (TPSA) is 122 Å². The molecule has 1 saturated heterocycles. The predicted molar refractivity (Wildman–Crippen MR) is 95.5 cm³/mol. The quantitative estimate of drug-likeness (QED) is 0.739. The highest BCUT2D eigenvalue weighted by molar-refractivity contribution is 5.91. The van der Waals surface area contributed by atoms with Crippen LogP contribution in [0, 0.1) is 0 Å². The number of nitrogens with one attached hydrogen (secondary N) is 2. The zero-order valence-corrected chi connectivity index (χ0v) is 15.9. The van der Waals surface area contributed by atoms with Crippen LogP contribution in [0.5, 0.6) is 0 Å². The Kier molecular flexibility index (Phi) is 6.37.